The second kappa shape index (κ2) is 8.28. The number of carbonyl (C=O) groups is 2. The van der Waals surface area contributed by atoms with Crippen molar-refractivity contribution in [3.63, 3.8) is 0 Å². The average Bonchev–Trinajstić information content (AvgIpc) is 3.15. The van der Waals surface area contributed by atoms with Gasteiger partial charge in [-0.15, -0.1) is 11.3 Å². The minimum atomic E-state index is -0.519. The van der Waals surface area contributed by atoms with Crippen molar-refractivity contribution in [3.8, 4) is 0 Å². The molecule has 0 aromatic carbocycles. The van der Waals surface area contributed by atoms with E-state index in [1.165, 1.54) is 23.3 Å². The Bertz CT molecular complexity index is 841. The van der Waals surface area contributed by atoms with E-state index in [-0.39, 0.29) is 5.91 Å². The molecular weight excluding hydrogens is 374 g/mol. The van der Waals surface area contributed by atoms with Crippen LogP contribution in [0, 0.1) is 6.92 Å². The molecule has 2 aromatic heterocycles. The van der Waals surface area contributed by atoms with Gasteiger partial charge in [-0.05, 0) is 24.7 Å². The van der Waals surface area contributed by atoms with Gasteiger partial charge in [0.25, 0.3) is 5.91 Å². The minimum absolute atomic E-state index is 0.181. The van der Waals surface area contributed by atoms with Gasteiger partial charge in [-0.25, -0.2) is 4.79 Å². The molecule has 0 bridgehead atoms. The molecule has 1 amide bonds. The molecule has 2 N–H and O–H groups in total. The van der Waals surface area contributed by atoms with Crippen LogP contribution in [0.5, 0.6) is 0 Å². The quantitative estimate of drug-likeness (QED) is 0.589. The summed E-state index contributed by atoms with van der Waals surface area (Å²) in [5.74, 6) is -0.700. The van der Waals surface area contributed by atoms with Crippen molar-refractivity contribution < 1.29 is 14.3 Å². The third-order valence-electron chi connectivity index (χ3n) is 3.58. The molecule has 2 heterocycles. The van der Waals surface area contributed by atoms with Crippen LogP contribution in [0.4, 0.5) is 5.00 Å². The number of rotatable bonds is 5. The Morgan fingerprint density at radius 3 is 2.65 bits per heavy atom. The van der Waals surface area contributed by atoms with Crippen LogP contribution in [0.25, 0.3) is 0 Å². The number of aryl methyl sites for hydroxylation is 1. The van der Waals surface area contributed by atoms with Crippen molar-refractivity contribution in [3.05, 3.63) is 34.0 Å². The summed E-state index contributed by atoms with van der Waals surface area (Å²) in [6.07, 6.45) is 3.61. The highest BCUT2D eigenvalue weighted by molar-refractivity contribution is 7.80. The number of esters is 1. The highest BCUT2D eigenvalue weighted by Crippen LogP contribution is 2.34. The Morgan fingerprint density at radius 2 is 2.12 bits per heavy atom. The van der Waals surface area contributed by atoms with Crippen LogP contribution in [-0.2, 0) is 18.3 Å². The Kier molecular flexibility index (Phi) is 6.32. The van der Waals surface area contributed by atoms with Crippen LogP contribution in [0.1, 0.15) is 31.2 Å². The first-order valence-corrected chi connectivity index (χ1v) is 8.92. The predicted octanol–water partition coefficient (Wildman–Crippen LogP) is 1.77. The summed E-state index contributed by atoms with van der Waals surface area (Å²) in [7, 11) is 6.45. The molecule has 0 saturated carbocycles. The molecule has 0 saturated heterocycles. The summed E-state index contributed by atoms with van der Waals surface area (Å²) < 4.78 is 6.55. The van der Waals surface area contributed by atoms with Crippen LogP contribution < -0.4 is 10.6 Å². The number of carbonyl (C=O) groups excluding carboxylic acids is 2. The molecule has 0 unspecified atom stereocenters. The van der Waals surface area contributed by atoms with Crippen molar-refractivity contribution in [1.82, 2.24) is 20.0 Å². The van der Waals surface area contributed by atoms with E-state index in [2.05, 4.69) is 15.7 Å². The first-order valence-electron chi connectivity index (χ1n) is 7.70. The lowest BCUT2D eigenvalue weighted by Gasteiger charge is -2.09. The molecule has 0 fully saturated rings. The number of thiocarbonyl (C=S) groups is 1. The average molecular weight is 396 g/mol. The van der Waals surface area contributed by atoms with Gasteiger partial charge in [-0.3, -0.25) is 9.48 Å². The van der Waals surface area contributed by atoms with Gasteiger partial charge in [0.1, 0.15) is 5.00 Å². The first-order chi connectivity index (χ1) is 12.2. The highest BCUT2D eigenvalue weighted by Gasteiger charge is 2.26. The molecule has 0 radical (unpaired) electrons. The molecule has 2 aromatic rings. The van der Waals surface area contributed by atoms with Crippen LogP contribution in [0.2, 0.25) is 0 Å². The van der Waals surface area contributed by atoms with Crippen molar-refractivity contribution in [1.29, 1.82) is 0 Å². The van der Waals surface area contributed by atoms with Crippen molar-refractivity contribution >= 4 is 45.5 Å². The zero-order valence-electron chi connectivity index (χ0n) is 15.2. The van der Waals surface area contributed by atoms with Crippen LogP contribution >= 0.6 is 23.6 Å². The Hall–Kier alpha value is -2.46. The Balaban J connectivity index is 2.20. The van der Waals surface area contributed by atoms with E-state index < -0.39 is 5.97 Å². The maximum absolute atomic E-state index is 12.3. The molecule has 0 aliphatic heterocycles. The topological polar surface area (TPSA) is 88.5 Å². The molecule has 0 spiro atoms. The van der Waals surface area contributed by atoms with E-state index in [1.54, 1.807) is 31.9 Å². The van der Waals surface area contributed by atoms with Crippen molar-refractivity contribution in [2.75, 3.05) is 26.5 Å². The summed E-state index contributed by atoms with van der Waals surface area (Å²) in [6.45, 7) is 2.21. The molecule has 0 aliphatic carbocycles. The zero-order valence-corrected chi connectivity index (χ0v) is 16.9. The maximum Gasteiger partial charge on any atom is 0.341 e. The van der Waals surface area contributed by atoms with Gasteiger partial charge in [0.05, 0.1) is 23.7 Å². The Morgan fingerprint density at radius 1 is 1.42 bits per heavy atom. The van der Waals surface area contributed by atoms with Gasteiger partial charge in [-0.2, -0.15) is 5.10 Å². The van der Waals surface area contributed by atoms with E-state index in [0.717, 1.165) is 5.56 Å². The number of ether oxygens (including phenoxy) is 1. The Labute approximate surface area is 161 Å². The molecular formula is C16H21N5O3S2. The largest absolute Gasteiger partial charge is 0.465 e. The fourth-order valence-electron chi connectivity index (χ4n) is 2.25. The van der Waals surface area contributed by atoms with E-state index in [9.17, 15) is 9.59 Å². The summed E-state index contributed by atoms with van der Waals surface area (Å²) in [5, 5.41) is 11.0. The monoisotopic (exact) mass is 395 g/mol. The predicted molar refractivity (Wildman–Crippen MR) is 105 cm³/mol. The van der Waals surface area contributed by atoms with Crippen LogP contribution in [0.3, 0.4) is 0 Å². The van der Waals surface area contributed by atoms with Crippen molar-refractivity contribution in [2.45, 2.75) is 13.5 Å². The smallest absolute Gasteiger partial charge is 0.341 e. The van der Waals surface area contributed by atoms with E-state index >= 15 is 0 Å². The second-order valence-electron chi connectivity index (χ2n) is 5.78. The van der Waals surface area contributed by atoms with E-state index in [4.69, 9.17) is 17.0 Å². The van der Waals surface area contributed by atoms with Crippen molar-refractivity contribution in [2.24, 2.45) is 7.05 Å². The van der Waals surface area contributed by atoms with E-state index in [0.29, 0.717) is 32.7 Å². The second-order valence-corrected chi connectivity index (χ2v) is 7.21. The zero-order chi connectivity index (χ0) is 19.4. The molecule has 26 heavy (non-hydrogen) atoms. The number of hydrogen-bond acceptors (Lipinski definition) is 6. The maximum atomic E-state index is 12.3. The fraction of sp³-hybridized carbons (Fsp3) is 0.375. The minimum Gasteiger partial charge on any atom is -0.465 e. The fourth-order valence-corrected chi connectivity index (χ4v) is 3.71. The first kappa shape index (κ1) is 19.9. The molecule has 140 valence electrons. The molecule has 8 nitrogen and oxygen atoms in total. The van der Waals surface area contributed by atoms with Gasteiger partial charge in [0.15, 0.2) is 5.11 Å². The SMILES string of the molecule is COC(=O)c1c(NC(=S)NCc2cnn(C)c2)sc(C(=O)N(C)C)c1C. The van der Waals surface area contributed by atoms with E-state index in [1.807, 2.05) is 13.2 Å². The summed E-state index contributed by atoms with van der Waals surface area (Å²) >= 11 is 6.48. The van der Waals surface area contributed by atoms with Crippen LogP contribution in [0.15, 0.2) is 12.4 Å². The molecule has 0 atom stereocenters. The number of aromatic nitrogens is 2. The van der Waals surface area contributed by atoms with Gasteiger partial charge >= 0.3 is 5.97 Å². The highest BCUT2D eigenvalue weighted by atomic mass is 32.1. The molecule has 10 heteroatoms. The number of thiophene rings is 1. The lowest BCUT2D eigenvalue weighted by Crippen LogP contribution is -2.28. The summed E-state index contributed by atoms with van der Waals surface area (Å²) in [5.41, 5.74) is 1.85. The summed E-state index contributed by atoms with van der Waals surface area (Å²) in [6, 6.07) is 0. The molecule has 0 aliphatic rings. The molecule has 2 rings (SSSR count). The number of anilines is 1. The number of nitrogens with zero attached hydrogens (tertiary/aromatic N) is 3. The van der Waals surface area contributed by atoms with Crippen LogP contribution in [-0.4, -0.2) is 52.9 Å². The number of methoxy groups -OCH3 is 1. The lowest BCUT2D eigenvalue weighted by molar-refractivity contribution is 0.0601. The lowest BCUT2D eigenvalue weighted by atomic mass is 10.1. The number of hydrogen-bond donors (Lipinski definition) is 2. The number of nitrogens with one attached hydrogen (secondary N) is 2. The van der Waals surface area contributed by atoms with Gasteiger partial charge in [0.2, 0.25) is 0 Å². The van der Waals surface area contributed by atoms with Gasteiger partial charge in [0, 0.05) is 39.4 Å². The summed E-state index contributed by atoms with van der Waals surface area (Å²) in [4.78, 5) is 26.4. The standard InChI is InChI=1S/C16H21N5O3S2/c1-9-11(15(23)24-5)13(26-12(9)14(22)20(2)3)19-16(25)17-6-10-7-18-21(4)8-10/h7-8H,6H2,1-5H3,(H2,17,19,25). The third kappa shape index (κ3) is 4.38. The van der Waals surface area contributed by atoms with Gasteiger partial charge < -0.3 is 20.3 Å². The third-order valence-corrected chi connectivity index (χ3v) is 5.02. The van der Waals surface area contributed by atoms with Gasteiger partial charge in [-0.1, -0.05) is 0 Å². The number of amides is 1. The normalized spacial score (nSPS) is 10.3.